The zero-order valence-corrected chi connectivity index (χ0v) is 19.9. The molecule has 0 amide bonds. The predicted octanol–water partition coefficient (Wildman–Crippen LogP) is 4.37. The number of nitrogens with zero attached hydrogens (tertiary/aromatic N) is 5. The number of piperidine rings is 1. The number of aryl methyl sites for hydroxylation is 1. The van der Waals surface area contributed by atoms with Gasteiger partial charge >= 0.3 is 0 Å². The lowest BCUT2D eigenvalue weighted by Gasteiger charge is -2.34. The van der Waals surface area contributed by atoms with Crippen molar-refractivity contribution in [2.24, 2.45) is 7.05 Å². The molecule has 5 rings (SSSR count). The van der Waals surface area contributed by atoms with E-state index in [9.17, 15) is 18.8 Å². The number of aromatic nitrogens is 3. The molecule has 184 valence electrons. The van der Waals surface area contributed by atoms with Gasteiger partial charge in [-0.2, -0.15) is 5.26 Å². The summed E-state index contributed by atoms with van der Waals surface area (Å²) in [5.74, 6) is -0.708. The van der Waals surface area contributed by atoms with Crippen LogP contribution in [-0.2, 0) is 12.5 Å². The summed E-state index contributed by atoms with van der Waals surface area (Å²) in [5, 5.41) is 9.81. The molecule has 0 atom stereocenters. The molecule has 1 saturated carbocycles. The number of benzene rings is 1. The minimum Gasteiger partial charge on any atom is -0.487 e. The Bertz CT molecular complexity index is 1430. The van der Waals surface area contributed by atoms with Crippen molar-refractivity contribution in [3.63, 3.8) is 0 Å². The van der Waals surface area contributed by atoms with E-state index < -0.39 is 17.0 Å². The number of rotatable bonds is 6. The van der Waals surface area contributed by atoms with Crippen LogP contribution in [0.5, 0.6) is 5.75 Å². The maximum Gasteiger partial charge on any atom is 0.250 e. The van der Waals surface area contributed by atoms with Crippen molar-refractivity contribution in [2.45, 2.75) is 37.2 Å². The second kappa shape index (κ2) is 9.19. The van der Waals surface area contributed by atoms with Crippen molar-refractivity contribution in [1.82, 2.24) is 14.5 Å². The van der Waals surface area contributed by atoms with Crippen LogP contribution >= 0.6 is 0 Å². The van der Waals surface area contributed by atoms with Crippen molar-refractivity contribution in [1.29, 1.82) is 5.26 Å². The van der Waals surface area contributed by atoms with Crippen LogP contribution in [0.2, 0.25) is 0 Å². The third-order valence-electron chi connectivity index (χ3n) is 6.80. The van der Waals surface area contributed by atoms with Crippen LogP contribution in [0.25, 0.3) is 17.3 Å². The average Bonchev–Trinajstić information content (AvgIpc) is 3.68. The maximum atomic E-state index is 14.1. The summed E-state index contributed by atoms with van der Waals surface area (Å²) in [5.41, 5.74) is 1.69. The molecule has 2 fully saturated rings. The van der Waals surface area contributed by atoms with Crippen LogP contribution in [0.3, 0.4) is 0 Å². The SMILES string of the molecule is C=Cc1nc(N2CCC(Oc3ccc(F)cc3F)CC2)c(-c2ccc(=O)n(C)c2)nc1C1(C#N)CC1. The van der Waals surface area contributed by atoms with Crippen molar-refractivity contribution in [3.05, 3.63) is 76.5 Å². The highest BCUT2D eigenvalue weighted by Crippen LogP contribution is 2.49. The molecule has 2 aliphatic rings. The average molecular weight is 490 g/mol. The van der Waals surface area contributed by atoms with E-state index in [2.05, 4.69) is 17.5 Å². The molecule has 1 aliphatic heterocycles. The quantitative estimate of drug-likeness (QED) is 0.512. The Morgan fingerprint density at radius 1 is 1.19 bits per heavy atom. The summed E-state index contributed by atoms with van der Waals surface area (Å²) < 4.78 is 34.6. The third kappa shape index (κ3) is 4.35. The Hall–Kier alpha value is -4.06. The monoisotopic (exact) mass is 489 g/mol. The normalized spacial score (nSPS) is 16.9. The van der Waals surface area contributed by atoms with Crippen molar-refractivity contribution in [3.8, 4) is 23.1 Å². The summed E-state index contributed by atoms with van der Waals surface area (Å²) in [6, 6.07) is 8.88. The first-order chi connectivity index (χ1) is 17.3. The van der Waals surface area contributed by atoms with Gasteiger partial charge in [-0.05, 0) is 37.1 Å². The van der Waals surface area contributed by atoms with Gasteiger partial charge in [-0.15, -0.1) is 0 Å². The summed E-state index contributed by atoms with van der Waals surface area (Å²) in [6.07, 6.45) is 5.73. The molecule has 36 heavy (non-hydrogen) atoms. The Balaban J connectivity index is 1.47. The number of ether oxygens (including phenoxy) is 1. The maximum absolute atomic E-state index is 14.1. The molecule has 0 radical (unpaired) electrons. The highest BCUT2D eigenvalue weighted by Gasteiger charge is 2.48. The molecule has 0 spiro atoms. The number of hydrogen-bond donors (Lipinski definition) is 0. The second-order valence-electron chi connectivity index (χ2n) is 9.27. The van der Waals surface area contributed by atoms with Crippen molar-refractivity contribution in [2.75, 3.05) is 18.0 Å². The van der Waals surface area contributed by atoms with E-state index in [0.29, 0.717) is 61.7 Å². The van der Waals surface area contributed by atoms with Gasteiger partial charge in [0, 0.05) is 56.9 Å². The van der Waals surface area contributed by atoms with E-state index in [-0.39, 0.29) is 17.4 Å². The van der Waals surface area contributed by atoms with Crippen LogP contribution in [-0.4, -0.2) is 33.7 Å². The molecule has 1 aliphatic carbocycles. The van der Waals surface area contributed by atoms with Gasteiger partial charge < -0.3 is 14.2 Å². The molecule has 2 aromatic heterocycles. The van der Waals surface area contributed by atoms with E-state index in [0.717, 1.165) is 11.6 Å². The fraction of sp³-hybridized carbons (Fsp3) is 0.333. The fourth-order valence-electron chi connectivity index (χ4n) is 4.54. The standard InChI is InChI=1S/C27H25F2N5O2/c1-3-21-25(27(16-30)10-11-27)32-24(17-4-7-23(35)33(2)15-17)26(31-21)34-12-8-19(9-13-34)36-22-6-5-18(28)14-20(22)29/h3-7,14-15,19H,1,8-13H2,2H3. The molecule has 3 aromatic rings. The first-order valence-electron chi connectivity index (χ1n) is 11.8. The number of anilines is 1. The molecule has 3 heterocycles. The first kappa shape index (κ1) is 23.7. The summed E-state index contributed by atoms with van der Waals surface area (Å²) in [7, 11) is 1.67. The lowest BCUT2D eigenvalue weighted by Crippen LogP contribution is -2.39. The number of hydrogen-bond acceptors (Lipinski definition) is 6. The van der Waals surface area contributed by atoms with E-state index >= 15 is 0 Å². The number of nitriles is 1. The predicted molar refractivity (Wildman–Crippen MR) is 132 cm³/mol. The molecule has 7 nitrogen and oxygen atoms in total. The van der Waals surface area contributed by atoms with Gasteiger partial charge in [-0.25, -0.2) is 18.7 Å². The van der Waals surface area contributed by atoms with Crippen LogP contribution in [0.4, 0.5) is 14.6 Å². The summed E-state index contributed by atoms with van der Waals surface area (Å²) >= 11 is 0. The lowest BCUT2D eigenvalue weighted by molar-refractivity contribution is 0.163. The van der Waals surface area contributed by atoms with Crippen LogP contribution in [0.1, 0.15) is 37.1 Å². The molecular formula is C27H25F2N5O2. The largest absolute Gasteiger partial charge is 0.487 e. The van der Waals surface area contributed by atoms with Crippen molar-refractivity contribution >= 4 is 11.9 Å². The van der Waals surface area contributed by atoms with Gasteiger partial charge in [-0.3, -0.25) is 4.79 Å². The molecule has 9 heteroatoms. The smallest absolute Gasteiger partial charge is 0.250 e. The van der Waals surface area contributed by atoms with Gasteiger partial charge in [-0.1, -0.05) is 6.58 Å². The van der Waals surface area contributed by atoms with Gasteiger partial charge in [0.1, 0.15) is 23.0 Å². The van der Waals surface area contributed by atoms with E-state index in [4.69, 9.17) is 14.7 Å². The van der Waals surface area contributed by atoms with Crippen LogP contribution in [0, 0.1) is 23.0 Å². The van der Waals surface area contributed by atoms with E-state index in [1.54, 1.807) is 25.4 Å². The third-order valence-corrected chi connectivity index (χ3v) is 6.80. The number of halogens is 2. The van der Waals surface area contributed by atoms with Gasteiger partial charge in [0.15, 0.2) is 17.4 Å². The lowest BCUT2D eigenvalue weighted by atomic mass is 10.00. The van der Waals surface area contributed by atoms with Crippen LogP contribution < -0.4 is 15.2 Å². The van der Waals surface area contributed by atoms with Crippen molar-refractivity contribution < 1.29 is 13.5 Å². The van der Waals surface area contributed by atoms with E-state index in [1.807, 2.05) is 0 Å². The molecule has 1 saturated heterocycles. The molecular weight excluding hydrogens is 464 g/mol. The Labute approximate surface area is 207 Å². The minimum absolute atomic E-state index is 0.0325. The Kier molecular flexibility index (Phi) is 6.04. The zero-order chi connectivity index (χ0) is 25.4. The molecule has 1 aromatic carbocycles. The van der Waals surface area contributed by atoms with Crippen LogP contribution in [0.15, 0.2) is 47.9 Å². The first-order valence-corrected chi connectivity index (χ1v) is 11.8. The zero-order valence-electron chi connectivity index (χ0n) is 19.9. The Morgan fingerprint density at radius 3 is 2.56 bits per heavy atom. The summed E-state index contributed by atoms with van der Waals surface area (Å²) in [6.45, 7) is 5.04. The van der Waals surface area contributed by atoms with E-state index in [1.165, 1.54) is 22.8 Å². The summed E-state index contributed by atoms with van der Waals surface area (Å²) in [4.78, 5) is 23.9. The highest BCUT2D eigenvalue weighted by atomic mass is 19.1. The molecule has 0 unspecified atom stereocenters. The molecule has 0 N–H and O–H groups in total. The van der Waals surface area contributed by atoms with Gasteiger partial charge in [0.2, 0.25) is 5.56 Å². The Morgan fingerprint density at radius 2 is 1.94 bits per heavy atom. The fourth-order valence-corrected chi connectivity index (χ4v) is 4.54. The number of pyridine rings is 1. The highest BCUT2D eigenvalue weighted by molar-refractivity contribution is 5.74. The second-order valence-corrected chi connectivity index (χ2v) is 9.27. The van der Waals surface area contributed by atoms with Gasteiger partial charge in [0.05, 0.1) is 17.5 Å². The topological polar surface area (TPSA) is 84.0 Å². The van der Waals surface area contributed by atoms with Gasteiger partial charge in [0.25, 0.3) is 0 Å². The molecule has 0 bridgehead atoms. The minimum atomic E-state index is -0.724.